The molecule has 0 aliphatic rings. The second kappa shape index (κ2) is 56.4. The maximum atomic E-state index is 10.6. The van der Waals surface area contributed by atoms with Crippen molar-refractivity contribution in [3.63, 3.8) is 0 Å². The second-order valence-electron chi connectivity index (χ2n) is 14.9. The fourth-order valence-electron chi connectivity index (χ4n) is 5.37. The van der Waals surface area contributed by atoms with Crippen LogP contribution in [0.3, 0.4) is 0 Å². The first kappa shape index (κ1) is 72.6. The molecule has 0 radical (unpaired) electrons. The summed E-state index contributed by atoms with van der Waals surface area (Å²) in [6.45, 7) is 14.8. The van der Waals surface area contributed by atoms with E-state index in [0.717, 1.165) is 0 Å². The molecule has 0 saturated carbocycles. The molecular formula is C46H87KO24S2. The van der Waals surface area contributed by atoms with Gasteiger partial charge in [0, 0.05) is 13.2 Å². The Morgan fingerprint density at radius 3 is 0.603 bits per heavy atom. The molecule has 0 heterocycles. The van der Waals surface area contributed by atoms with Gasteiger partial charge < -0.3 is 85.3 Å². The number of unbranched alkanes of at least 4 members (excludes halogenated alkanes) is 2. The number of para-hydroxylation sites is 2. The van der Waals surface area contributed by atoms with Gasteiger partial charge in [0.15, 0.2) is 11.5 Å². The zero-order valence-corrected chi connectivity index (χ0v) is 43.9. The quantitative estimate of drug-likeness (QED) is 0.0530. The van der Waals surface area contributed by atoms with Crippen LogP contribution in [0.4, 0.5) is 0 Å². The third-order valence-corrected chi connectivity index (χ3v) is 10.5. The minimum absolute atomic E-state index is 0. The van der Waals surface area contributed by atoms with Crippen LogP contribution in [0, 0.1) is 0 Å². The Hall–Kier alpha value is -0.364. The molecule has 0 fully saturated rings. The van der Waals surface area contributed by atoms with Crippen molar-refractivity contribution in [1.29, 1.82) is 0 Å². The first-order chi connectivity index (χ1) is 35.2. The molecule has 0 unspecified atom stereocenters. The van der Waals surface area contributed by atoms with Crippen LogP contribution in [-0.2, 0) is 96.0 Å². The van der Waals surface area contributed by atoms with Crippen LogP contribution in [-0.4, -0.2) is 313 Å². The summed E-state index contributed by atoms with van der Waals surface area (Å²) in [5.41, 5.74) is 0. The fourth-order valence-corrected chi connectivity index (χ4v) is 6.51. The van der Waals surface area contributed by atoms with Crippen LogP contribution in [0.25, 0.3) is 0 Å². The second-order valence-corrected chi connectivity index (χ2v) is 18.1. The summed E-state index contributed by atoms with van der Waals surface area (Å²) < 4.78 is 159. The number of hydrogen-bond acceptors (Lipinski definition) is 22. The van der Waals surface area contributed by atoms with Gasteiger partial charge in [-0.1, -0.05) is 12.1 Å². The molecule has 1 aromatic carbocycles. The Balaban J connectivity index is 0.0000518. The molecule has 0 atom stereocenters. The van der Waals surface area contributed by atoms with Gasteiger partial charge in [-0.05, 0) is 37.8 Å². The Bertz CT molecular complexity index is 1400. The Morgan fingerprint density at radius 1 is 0.260 bits per heavy atom. The third kappa shape index (κ3) is 59.1. The normalized spacial score (nSPS) is 11.9. The molecular weight excluding hydrogens is 1040 g/mol. The minimum atomic E-state index is -3.90. The Kier molecular flexibility index (Phi) is 56.1. The van der Waals surface area contributed by atoms with Crippen LogP contribution in [0.5, 0.6) is 11.5 Å². The van der Waals surface area contributed by atoms with Gasteiger partial charge >= 0.3 is 51.4 Å². The van der Waals surface area contributed by atoms with Gasteiger partial charge in [-0.15, -0.1) is 0 Å². The van der Waals surface area contributed by atoms with Crippen molar-refractivity contribution in [3.05, 3.63) is 24.3 Å². The molecule has 2 N–H and O–H groups in total. The average Bonchev–Trinajstić information content (AvgIpc) is 3.35. The van der Waals surface area contributed by atoms with Crippen molar-refractivity contribution in [2.75, 3.05) is 236 Å². The zero-order chi connectivity index (χ0) is 52.0. The van der Waals surface area contributed by atoms with Gasteiger partial charge in [0.1, 0.15) is 13.2 Å². The zero-order valence-electron chi connectivity index (χ0n) is 42.3. The molecule has 27 heteroatoms. The van der Waals surface area contributed by atoms with Gasteiger partial charge in [-0.2, -0.15) is 16.8 Å². The average molecular weight is 1130 g/mol. The topological polar surface area (TPSA) is 275 Å². The molecule has 73 heavy (non-hydrogen) atoms. The molecule has 1 rings (SSSR count). The Morgan fingerprint density at radius 2 is 0.425 bits per heavy atom. The molecule has 428 valence electrons. The van der Waals surface area contributed by atoms with Crippen LogP contribution in [0.15, 0.2) is 24.3 Å². The summed E-state index contributed by atoms with van der Waals surface area (Å²) >= 11 is 0. The van der Waals surface area contributed by atoms with Gasteiger partial charge in [-0.25, -0.2) is 0 Å². The van der Waals surface area contributed by atoms with E-state index in [2.05, 4.69) is 0 Å². The summed E-state index contributed by atoms with van der Waals surface area (Å²) in [5.74, 6) is 0.747. The predicted octanol–water partition coefficient (Wildman–Crippen LogP) is 1.40. The molecule has 0 bridgehead atoms. The molecule has 0 aromatic heterocycles. The number of benzene rings is 1. The van der Waals surface area contributed by atoms with Crippen LogP contribution >= 0.6 is 0 Å². The summed E-state index contributed by atoms with van der Waals surface area (Å²) in [7, 11) is -7.81. The van der Waals surface area contributed by atoms with E-state index in [-0.39, 0.29) is 62.9 Å². The molecule has 24 nitrogen and oxygen atoms in total. The molecule has 0 aliphatic heterocycles. The van der Waals surface area contributed by atoms with Crippen molar-refractivity contribution >= 4 is 71.6 Å². The fraction of sp³-hybridized carbons (Fsp3) is 0.870. The van der Waals surface area contributed by atoms with Crippen molar-refractivity contribution in [1.82, 2.24) is 0 Å². The standard InChI is InChI=1S/C46H86O24S2.K.H/c47-71(48,49)43-5-3-9-53-11-13-55-15-17-57-19-21-59-23-25-61-27-29-63-31-33-65-35-37-67-39-41-69-45-7-1-2-8-46(45)70-42-40-68-38-36-66-34-32-64-30-28-62-26-24-60-22-20-58-18-16-56-14-12-54-10-4-6-44-72(50,51)52;;/h1-2,7-8H,3-6,9-44H2,(H,47,48,49)(H,50,51,52);;. The van der Waals surface area contributed by atoms with Gasteiger partial charge in [0.2, 0.25) is 0 Å². The maximum absolute atomic E-state index is 10.6. The molecule has 0 spiro atoms. The first-order valence-corrected chi connectivity index (χ1v) is 27.9. The number of rotatable bonds is 60. The van der Waals surface area contributed by atoms with E-state index in [1.165, 1.54) is 0 Å². The summed E-state index contributed by atoms with van der Waals surface area (Å²) in [4.78, 5) is 0. The van der Waals surface area contributed by atoms with Crippen molar-refractivity contribution in [2.24, 2.45) is 0 Å². The van der Waals surface area contributed by atoms with Crippen molar-refractivity contribution in [3.8, 4) is 11.5 Å². The SMILES string of the molecule is O=S(=O)(O)CCCCOCCOCCOCCOCCOCCOCCOCCOCCOc1ccccc1OCCOCCOCCOCCOCCOCCOCCOCCOCCCCS(=O)(=O)O.[KH]. The molecule has 0 amide bonds. The van der Waals surface area contributed by atoms with Gasteiger partial charge in [-0.3, -0.25) is 9.11 Å². The van der Waals surface area contributed by atoms with Crippen molar-refractivity contribution < 1.29 is 111 Å². The molecule has 0 aliphatic carbocycles. The molecule has 1 aromatic rings. The van der Waals surface area contributed by atoms with Crippen LogP contribution < -0.4 is 9.47 Å². The van der Waals surface area contributed by atoms with Crippen molar-refractivity contribution in [2.45, 2.75) is 25.7 Å². The predicted molar refractivity (Wildman–Crippen MR) is 269 cm³/mol. The van der Waals surface area contributed by atoms with E-state index >= 15 is 0 Å². The van der Waals surface area contributed by atoms with Gasteiger partial charge in [0.25, 0.3) is 20.2 Å². The van der Waals surface area contributed by atoms with Crippen LogP contribution in [0.1, 0.15) is 25.7 Å². The van der Waals surface area contributed by atoms with E-state index in [1.54, 1.807) is 0 Å². The van der Waals surface area contributed by atoms with E-state index in [1.807, 2.05) is 24.3 Å². The summed E-state index contributed by atoms with van der Waals surface area (Å²) in [5, 5.41) is 0. The monoisotopic (exact) mass is 1130 g/mol. The third-order valence-electron chi connectivity index (χ3n) is 8.91. The number of ether oxygens (including phenoxy) is 18. The van der Waals surface area contributed by atoms with E-state index < -0.39 is 20.2 Å². The van der Waals surface area contributed by atoms with E-state index in [9.17, 15) is 16.8 Å². The number of hydrogen-bond donors (Lipinski definition) is 2. The Labute approximate surface area is 476 Å². The van der Waals surface area contributed by atoms with Crippen LogP contribution in [0.2, 0.25) is 0 Å². The summed E-state index contributed by atoms with van der Waals surface area (Å²) in [6.07, 6.45) is 1.83. The summed E-state index contributed by atoms with van der Waals surface area (Å²) in [6, 6.07) is 7.44. The first-order valence-electron chi connectivity index (χ1n) is 24.7. The van der Waals surface area contributed by atoms with Gasteiger partial charge in [0.05, 0.1) is 210 Å². The van der Waals surface area contributed by atoms with E-state index in [0.29, 0.717) is 262 Å². The van der Waals surface area contributed by atoms with E-state index in [4.69, 9.17) is 94.4 Å². The molecule has 0 saturated heterocycles.